The topological polar surface area (TPSA) is 55.2 Å². The third kappa shape index (κ3) is 3.48. The number of nitrogens with zero attached hydrogens (tertiary/aromatic N) is 3. The second-order valence-electron chi connectivity index (χ2n) is 6.58. The molecule has 0 spiro atoms. The van der Waals surface area contributed by atoms with Gasteiger partial charge >= 0.3 is 0 Å². The zero-order valence-electron chi connectivity index (χ0n) is 14.2. The summed E-state index contributed by atoms with van der Waals surface area (Å²) < 4.78 is 14.6. The Morgan fingerprint density at radius 1 is 1.29 bits per heavy atom. The van der Waals surface area contributed by atoms with Crippen molar-refractivity contribution < 1.29 is 9.18 Å². The maximum Gasteiger partial charge on any atom is 0.260 e. The molecular formula is C17H19ClFN3O2. The average molecular weight is 352 g/mol. The van der Waals surface area contributed by atoms with E-state index in [1.807, 2.05) is 20.8 Å². The number of benzene rings is 1. The second kappa shape index (κ2) is 6.36. The Morgan fingerprint density at radius 2 is 1.92 bits per heavy atom. The molecular weight excluding hydrogens is 333 g/mol. The first kappa shape index (κ1) is 18.1. The molecule has 24 heavy (non-hydrogen) atoms. The number of aromatic nitrogens is 2. The zero-order valence-corrected chi connectivity index (χ0v) is 15.0. The van der Waals surface area contributed by atoms with Crippen LogP contribution in [0.25, 0.3) is 0 Å². The van der Waals surface area contributed by atoms with E-state index in [2.05, 4.69) is 4.98 Å². The van der Waals surface area contributed by atoms with E-state index >= 15 is 0 Å². The van der Waals surface area contributed by atoms with Gasteiger partial charge in [-0.2, -0.15) is 0 Å². The van der Waals surface area contributed by atoms with Crippen molar-refractivity contribution in [3.63, 3.8) is 0 Å². The van der Waals surface area contributed by atoms with Crippen molar-refractivity contribution in [2.45, 2.75) is 26.2 Å². The van der Waals surface area contributed by atoms with Crippen LogP contribution in [0.5, 0.6) is 0 Å². The Bertz CT molecular complexity index is 856. The fourth-order valence-electron chi connectivity index (χ4n) is 2.13. The van der Waals surface area contributed by atoms with Crippen LogP contribution in [0.15, 0.2) is 29.1 Å². The van der Waals surface area contributed by atoms with Crippen molar-refractivity contribution >= 4 is 23.5 Å². The van der Waals surface area contributed by atoms with Crippen LogP contribution in [-0.4, -0.2) is 22.5 Å². The van der Waals surface area contributed by atoms with E-state index in [1.54, 1.807) is 7.05 Å². The third-order valence-electron chi connectivity index (χ3n) is 3.65. The van der Waals surface area contributed by atoms with E-state index < -0.39 is 11.7 Å². The summed E-state index contributed by atoms with van der Waals surface area (Å²) in [5, 5.41) is -0.139. The highest BCUT2D eigenvalue weighted by Gasteiger charge is 2.23. The number of anilines is 1. The Balaban J connectivity index is 2.50. The molecule has 0 unspecified atom stereocenters. The van der Waals surface area contributed by atoms with Gasteiger partial charge in [0.15, 0.2) is 0 Å². The largest absolute Gasteiger partial charge is 0.282 e. The summed E-state index contributed by atoms with van der Waals surface area (Å²) in [6, 6.07) is 5.17. The lowest BCUT2D eigenvalue weighted by molar-refractivity contribution is 0.0990. The first-order valence-corrected chi connectivity index (χ1v) is 7.72. The van der Waals surface area contributed by atoms with Crippen molar-refractivity contribution in [1.29, 1.82) is 0 Å². The Morgan fingerprint density at radius 3 is 2.46 bits per heavy atom. The van der Waals surface area contributed by atoms with Crippen LogP contribution in [0.4, 0.5) is 10.3 Å². The molecule has 1 amide bonds. The van der Waals surface area contributed by atoms with Crippen LogP contribution < -0.4 is 10.5 Å². The normalized spacial score (nSPS) is 11.5. The Kier molecular flexibility index (Phi) is 4.80. The lowest BCUT2D eigenvalue weighted by Gasteiger charge is -2.23. The summed E-state index contributed by atoms with van der Waals surface area (Å²) >= 11 is 5.73. The van der Waals surface area contributed by atoms with Gasteiger partial charge < -0.3 is 0 Å². The number of amides is 1. The maximum absolute atomic E-state index is 13.3. The van der Waals surface area contributed by atoms with Crippen molar-refractivity contribution in [2.75, 3.05) is 11.9 Å². The molecule has 0 atom stereocenters. The van der Waals surface area contributed by atoms with Crippen LogP contribution in [0, 0.1) is 5.82 Å². The molecule has 0 radical (unpaired) electrons. The number of hydrogen-bond acceptors (Lipinski definition) is 3. The van der Waals surface area contributed by atoms with Gasteiger partial charge in [0.2, 0.25) is 5.95 Å². The number of carbonyl (C=O) groups excluding carboxylic acids is 1. The molecule has 0 bridgehead atoms. The minimum Gasteiger partial charge on any atom is -0.282 e. The van der Waals surface area contributed by atoms with Gasteiger partial charge in [-0.05, 0) is 18.2 Å². The number of rotatable bonds is 2. The highest BCUT2D eigenvalue weighted by Crippen LogP contribution is 2.22. The van der Waals surface area contributed by atoms with Gasteiger partial charge in [-0.15, -0.1) is 0 Å². The number of hydrogen-bond donors (Lipinski definition) is 0. The van der Waals surface area contributed by atoms with Crippen LogP contribution >= 0.6 is 11.6 Å². The molecule has 7 heteroatoms. The molecule has 0 aliphatic carbocycles. The SMILES string of the molecule is CN(C(=O)c1ccc(F)c(Cl)c1)c1nc(C(C)(C)C)cc(=O)n1C. The minimum atomic E-state index is -0.601. The van der Waals surface area contributed by atoms with Gasteiger partial charge in [-0.3, -0.25) is 19.1 Å². The first-order chi connectivity index (χ1) is 11.0. The lowest BCUT2D eigenvalue weighted by Crippen LogP contribution is -2.35. The van der Waals surface area contributed by atoms with E-state index in [9.17, 15) is 14.0 Å². The molecule has 2 rings (SSSR count). The summed E-state index contributed by atoms with van der Waals surface area (Å²) in [4.78, 5) is 30.5. The molecule has 5 nitrogen and oxygen atoms in total. The molecule has 0 aliphatic rings. The second-order valence-corrected chi connectivity index (χ2v) is 6.99. The summed E-state index contributed by atoms with van der Waals surface area (Å²) in [6.07, 6.45) is 0. The molecule has 1 aromatic carbocycles. The fourth-order valence-corrected chi connectivity index (χ4v) is 2.31. The third-order valence-corrected chi connectivity index (χ3v) is 3.94. The van der Waals surface area contributed by atoms with Crippen molar-refractivity contribution in [3.05, 3.63) is 56.7 Å². The number of carbonyl (C=O) groups is 1. The summed E-state index contributed by atoms with van der Waals surface area (Å²) in [5.74, 6) is -0.834. The molecule has 2 aromatic rings. The van der Waals surface area contributed by atoms with E-state index in [4.69, 9.17) is 11.6 Å². The van der Waals surface area contributed by atoms with Gasteiger partial charge in [-0.1, -0.05) is 32.4 Å². The quantitative estimate of drug-likeness (QED) is 0.835. The van der Waals surface area contributed by atoms with Crippen LogP contribution in [0.1, 0.15) is 36.8 Å². The van der Waals surface area contributed by atoms with E-state index in [0.717, 1.165) is 6.07 Å². The van der Waals surface area contributed by atoms with Gasteiger partial charge in [0.25, 0.3) is 11.5 Å². The molecule has 0 aliphatic heterocycles. The van der Waals surface area contributed by atoms with Gasteiger partial charge in [-0.25, -0.2) is 9.37 Å². The predicted molar refractivity (Wildman–Crippen MR) is 92.3 cm³/mol. The van der Waals surface area contributed by atoms with Crippen LogP contribution in [-0.2, 0) is 12.5 Å². The minimum absolute atomic E-state index is 0.139. The molecule has 0 saturated carbocycles. The lowest BCUT2D eigenvalue weighted by atomic mass is 9.92. The highest BCUT2D eigenvalue weighted by atomic mass is 35.5. The van der Waals surface area contributed by atoms with E-state index in [1.165, 1.54) is 34.7 Å². The molecule has 0 saturated heterocycles. The predicted octanol–water partition coefficient (Wildman–Crippen LogP) is 3.15. The fraction of sp³-hybridized carbons (Fsp3) is 0.353. The Labute approximate surface area is 144 Å². The Hall–Kier alpha value is -2.21. The van der Waals surface area contributed by atoms with Crippen molar-refractivity contribution in [3.8, 4) is 0 Å². The van der Waals surface area contributed by atoms with E-state index in [-0.39, 0.29) is 27.5 Å². The van der Waals surface area contributed by atoms with Crippen LogP contribution in [0.3, 0.4) is 0 Å². The van der Waals surface area contributed by atoms with Crippen molar-refractivity contribution in [2.24, 2.45) is 7.05 Å². The zero-order chi connectivity index (χ0) is 18.2. The first-order valence-electron chi connectivity index (χ1n) is 7.34. The van der Waals surface area contributed by atoms with Crippen molar-refractivity contribution in [1.82, 2.24) is 9.55 Å². The molecule has 1 aromatic heterocycles. The summed E-state index contributed by atoms with van der Waals surface area (Å²) in [5.41, 5.74) is 0.184. The molecule has 0 N–H and O–H groups in total. The van der Waals surface area contributed by atoms with Gasteiger partial charge in [0.05, 0.1) is 10.7 Å². The van der Waals surface area contributed by atoms with Crippen LogP contribution in [0.2, 0.25) is 5.02 Å². The molecule has 1 heterocycles. The summed E-state index contributed by atoms with van der Waals surface area (Å²) in [6.45, 7) is 5.79. The van der Waals surface area contributed by atoms with Gasteiger partial charge in [0.1, 0.15) is 5.82 Å². The number of halogens is 2. The monoisotopic (exact) mass is 351 g/mol. The summed E-state index contributed by atoms with van der Waals surface area (Å²) in [7, 11) is 3.05. The highest BCUT2D eigenvalue weighted by molar-refractivity contribution is 6.31. The molecule has 0 fully saturated rings. The average Bonchev–Trinajstić information content (AvgIpc) is 2.50. The van der Waals surface area contributed by atoms with E-state index in [0.29, 0.717) is 5.69 Å². The standard InChI is InChI=1S/C17H19ClFN3O2/c1-17(2,3)13-9-14(23)21(4)16(20-13)22(5)15(24)10-6-7-12(19)11(18)8-10/h6-9H,1-5H3. The van der Waals surface area contributed by atoms with Gasteiger partial charge in [0, 0.05) is 31.1 Å². The smallest absolute Gasteiger partial charge is 0.260 e. The molecule has 128 valence electrons. The maximum atomic E-state index is 13.3.